The predicted molar refractivity (Wildman–Crippen MR) is 46.6 cm³/mol. The molecule has 2 rings (SSSR count). The molecule has 0 aliphatic carbocycles. The highest BCUT2D eigenvalue weighted by Crippen LogP contribution is 2.33. The highest BCUT2D eigenvalue weighted by Gasteiger charge is 2.20. The van der Waals surface area contributed by atoms with Crippen LogP contribution in [0.2, 0.25) is 0 Å². The number of nitrogens with zero attached hydrogens (tertiary/aromatic N) is 2. The Balaban J connectivity index is 2.21. The summed E-state index contributed by atoms with van der Waals surface area (Å²) in [6.45, 7) is 0.855. The van der Waals surface area contributed by atoms with E-state index in [1.165, 1.54) is 0 Å². The van der Waals surface area contributed by atoms with Crippen LogP contribution >= 0.6 is 11.8 Å². The smallest absolute Gasteiger partial charge is 0.285 e. The molecule has 1 aliphatic heterocycles. The lowest BCUT2D eigenvalue weighted by atomic mass is 10.4. The molecule has 1 aliphatic rings. The second-order valence-electron chi connectivity index (χ2n) is 2.76. The van der Waals surface area contributed by atoms with Crippen LogP contribution in [0.1, 0.15) is 11.0 Å². The fraction of sp³-hybridized carbons (Fsp3) is 0.500. The van der Waals surface area contributed by atoms with Crippen molar-refractivity contribution in [2.75, 3.05) is 12.4 Å². The Morgan fingerprint density at radius 2 is 2.67 bits per heavy atom. The minimum Gasteiger partial charge on any atom is -0.362 e. The third kappa shape index (κ3) is 1.59. The van der Waals surface area contributed by atoms with Crippen molar-refractivity contribution in [3.63, 3.8) is 0 Å². The minimum absolute atomic E-state index is 0.199. The first-order valence-corrected chi connectivity index (χ1v) is 4.94. The van der Waals surface area contributed by atoms with Gasteiger partial charge in [-0.15, -0.1) is 11.8 Å². The summed E-state index contributed by atoms with van der Waals surface area (Å²) in [5, 5.41) is 0. The Hall–Kier alpha value is -0.610. The van der Waals surface area contributed by atoms with E-state index in [2.05, 4.69) is 11.2 Å². The van der Waals surface area contributed by atoms with Gasteiger partial charge in [-0.1, -0.05) is 4.98 Å². The van der Waals surface area contributed by atoms with Crippen LogP contribution in [0.3, 0.4) is 0 Å². The fourth-order valence-corrected chi connectivity index (χ4v) is 2.11. The molecule has 0 N–H and O–H groups in total. The summed E-state index contributed by atoms with van der Waals surface area (Å²) < 4.78 is 7.45. The van der Waals surface area contributed by atoms with Crippen molar-refractivity contribution in [3.8, 4) is 0 Å². The van der Waals surface area contributed by atoms with E-state index < -0.39 is 0 Å². The first-order valence-electron chi connectivity index (χ1n) is 3.89. The Kier molecular flexibility index (Phi) is 2.28. The molecule has 12 heavy (non-hydrogen) atoms. The van der Waals surface area contributed by atoms with Crippen LogP contribution in [-0.2, 0) is 11.8 Å². The maximum Gasteiger partial charge on any atom is 0.285 e. The quantitative estimate of drug-likeness (QED) is 0.598. The summed E-state index contributed by atoms with van der Waals surface area (Å²) in [7, 11) is 1.97. The summed E-state index contributed by atoms with van der Waals surface area (Å²) in [6.07, 6.45) is 5.70. The van der Waals surface area contributed by atoms with E-state index in [9.17, 15) is 0 Å². The van der Waals surface area contributed by atoms with E-state index in [4.69, 9.17) is 4.74 Å². The third-order valence-electron chi connectivity index (χ3n) is 1.72. The molecule has 1 unspecified atom stereocenters. The number of hydrogen-bond donors (Lipinski definition) is 0. The molecule has 1 atom stereocenters. The molecule has 0 amide bonds. The van der Waals surface area contributed by atoms with E-state index in [1.54, 1.807) is 6.33 Å². The molecule has 1 fully saturated rings. The van der Waals surface area contributed by atoms with Crippen molar-refractivity contribution in [2.45, 2.75) is 5.44 Å². The van der Waals surface area contributed by atoms with Gasteiger partial charge in [-0.05, 0) is 0 Å². The second kappa shape index (κ2) is 3.41. The zero-order valence-electron chi connectivity index (χ0n) is 6.93. The third-order valence-corrected chi connectivity index (χ3v) is 2.83. The molecule has 3 nitrogen and oxygen atoms in total. The Bertz CT molecular complexity index is 274. The monoisotopic (exact) mass is 183 g/mol. The predicted octanol–water partition coefficient (Wildman–Crippen LogP) is 0.668. The van der Waals surface area contributed by atoms with Gasteiger partial charge >= 0.3 is 0 Å². The van der Waals surface area contributed by atoms with Crippen LogP contribution in [0, 0.1) is 0 Å². The summed E-state index contributed by atoms with van der Waals surface area (Å²) in [5.41, 5.74) is 1.35. The lowest BCUT2D eigenvalue weighted by molar-refractivity contribution is -0.675. The van der Waals surface area contributed by atoms with Crippen LogP contribution in [0.5, 0.6) is 0 Å². The van der Waals surface area contributed by atoms with E-state index in [-0.39, 0.29) is 5.44 Å². The van der Waals surface area contributed by atoms with Crippen molar-refractivity contribution >= 4 is 11.8 Å². The number of aromatic nitrogens is 2. The summed E-state index contributed by atoms with van der Waals surface area (Å²) in [6, 6.07) is 0. The maximum atomic E-state index is 5.50. The molecule has 64 valence electrons. The van der Waals surface area contributed by atoms with Crippen LogP contribution in [-0.4, -0.2) is 17.3 Å². The van der Waals surface area contributed by atoms with Gasteiger partial charge in [0.2, 0.25) is 0 Å². The van der Waals surface area contributed by atoms with Crippen molar-refractivity contribution < 1.29 is 9.30 Å². The van der Waals surface area contributed by atoms with Gasteiger partial charge < -0.3 is 4.74 Å². The first-order chi connectivity index (χ1) is 5.86. The van der Waals surface area contributed by atoms with Gasteiger partial charge in [0, 0.05) is 5.75 Å². The fourth-order valence-electron chi connectivity index (χ4n) is 1.20. The van der Waals surface area contributed by atoms with Crippen LogP contribution in [0.15, 0.2) is 18.7 Å². The highest BCUT2D eigenvalue weighted by atomic mass is 32.2. The highest BCUT2D eigenvalue weighted by molar-refractivity contribution is 7.99. The maximum absolute atomic E-state index is 5.50. The number of ether oxygens (including phenoxy) is 1. The molecule has 2 heterocycles. The van der Waals surface area contributed by atoms with Gasteiger partial charge in [0.25, 0.3) is 6.33 Å². The zero-order chi connectivity index (χ0) is 8.39. The van der Waals surface area contributed by atoms with E-state index in [1.807, 2.05) is 29.6 Å². The van der Waals surface area contributed by atoms with Gasteiger partial charge in [-0.3, -0.25) is 0 Å². The molecule has 0 saturated carbocycles. The SMILES string of the molecule is C[n+]1cncc(C2OCCS2)c1. The molecule has 0 spiro atoms. The molecule has 1 aromatic heterocycles. The van der Waals surface area contributed by atoms with E-state index >= 15 is 0 Å². The Labute approximate surface area is 75.8 Å². The lowest BCUT2D eigenvalue weighted by Gasteiger charge is -2.04. The van der Waals surface area contributed by atoms with Crippen LogP contribution < -0.4 is 4.57 Å². The summed E-state index contributed by atoms with van der Waals surface area (Å²) >= 11 is 1.83. The van der Waals surface area contributed by atoms with Crippen molar-refractivity contribution in [3.05, 3.63) is 24.3 Å². The minimum atomic E-state index is 0.199. The molecule has 4 heteroatoms. The summed E-state index contributed by atoms with van der Waals surface area (Å²) in [4.78, 5) is 4.10. The number of rotatable bonds is 1. The van der Waals surface area contributed by atoms with Crippen molar-refractivity contribution in [2.24, 2.45) is 7.05 Å². The first kappa shape index (κ1) is 8.01. The molecule has 1 saturated heterocycles. The average molecular weight is 183 g/mol. The average Bonchev–Trinajstić information content (AvgIpc) is 2.56. The zero-order valence-corrected chi connectivity index (χ0v) is 7.75. The molecule has 0 bridgehead atoms. The number of hydrogen-bond acceptors (Lipinski definition) is 3. The Morgan fingerprint density at radius 1 is 1.75 bits per heavy atom. The number of aryl methyl sites for hydroxylation is 1. The van der Waals surface area contributed by atoms with Gasteiger partial charge in [-0.25, -0.2) is 4.57 Å². The normalized spacial score (nSPS) is 22.9. The molecule has 0 radical (unpaired) electrons. The summed E-state index contributed by atoms with van der Waals surface area (Å²) in [5.74, 6) is 1.09. The standard InChI is InChI=1S/C8H11N2OS/c1-10-5-7(4-9-6-10)8-11-2-3-12-8/h4-6,8H,2-3H2,1H3/q+1. The van der Waals surface area contributed by atoms with Gasteiger partial charge in [0.15, 0.2) is 0 Å². The van der Waals surface area contributed by atoms with Crippen molar-refractivity contribution in [1.29, 1.82) is 0 Å². The number of thioether (sulfide) groups is 1. The van der Waals surface area contributed by atoms with Crippen LogP contribution in [0.4, 0.5) is 0 Å². The van der Waals surface area contributed by atoms with Crippen LogP contribution in [0.25, 0.3) is 0 Å². The molecular weight excluding hydrogens is 172 g/mol. The van der Waals surface area contributed by atoms with Gasteiger partial charge in [0.1, 0.15) is 17.8 Å². The topological polar surface area (TPSA) is 26.0 Å². The van der Waals surface area contributed by atoms with E-state index in [0.29, 0.717) is 0 Å². The lowest BCUT2D eigenvalue weighted by Crippen LogP contribution is -2.28. The van der Waals surface area contributed by atoms with Gasteiger partial charge in [-0.2, -0.15) is 0 Å². The van der Waals surface area contributed by atoms with E-state index in [0.717, 1.165) is 17.9 Å². The largest absolute Gasteiger partial charge is 0.362 e. The second-order valence-corrected chi connectivity index (χ2v) is 3.93. The van der Waals surface area contributed by atoms with Crippen molar-refractivity contribution in [1.82, 2.24) is 4.98 Å². The molecule has 1 aromatic rings. The van der Waals surface area contributed by atoms with Gasteiger partial charge in [0.05, 0.1) is 19.2 Å². The molecular formula is C8H11N2OS+. The molecule has 0 aromatic carbocycles. The Morgan fingerprint density at radius 3 is 3.33 bits per heavy atom.